The van der Waals surface area contributed by atoms with Crippen molar-refractivity contribution in [1.82, 2.24) is 0 Å². The van der Waals surface area contributed by atoms with Crippen molar-refractivity contribution in [3.63, 3.8) is 0 Å². The number of phenols is 1. The average Bonchev–Trinajstić information content (AvgIpc) is 0.823. The zero-order chi connectivity index (χ0) is 113. The third-order valence-corrected chi connectivity index (χ3v) is 20.0. The number of nitrogens with zero attached hydrogens (tertiary/aromatic N) is 1. The Morgan fingerprint density at radius 3 is 0.878 bits per heavy atom. The van der Waals surface area contributed by atoms with Crippen LogP contribution in [0.2, 0.25) is 0 Å². The van der Waals surface area contributed by atoms with E-state index in [0.717, 1.165) is 116 Å². The Bertz CT molecular complexity index is 5440. The first-order chi connectivity index (χ1) is 68.9. The molecule has 11 atom stereocenters. The number of fused-ring (bicyclic) bond motifs is 1. The first kappa shape index (κ1) is 133. The van der Waals surface area contributed by atoms with Crippen molar-refractivity contribution in [2.75, 3.05) is 7.11 Å². The molecular formula is C103H120BrF6NO37. The van der Waals surface area contributed by atoms with Gasteiger partial charge in [0.05, 0.1) is 23.2 Å². The summed E-state index contributed by atoms with van der Waals surface area (Å²) in [6.45, 7) is 9.65. The molecule has 38 nitrogen and oxygen atoms in total. The number of nitro benzene ring substituents is 1. The summed E-state index contributed by atoms with van der Waals surface area (Å²) < 4.78 is 78.9. The van der Waals surface area contributed by atoms with Gasteiger partial charge in [-0.05, 0) is 147 Å². The molecular weight excluding hydrogens is 2040 g/mol. The molecule has 23 N–H and O–H groups in total. The molecule has 0 aliphatic rings. The number of carboxylic acid groups (broad SMARTS) is 11. The number of aliphatic hydroxyl groups excluding tert-OH is 11. The molecule has 0 radical (unpaired) electrons. The van der Waals surface area contributed by atoms with E-state index in [1.165, 1.54) is 36.4 Å². The van der Waals surface area contributed by atoms with Crippen LogP contribution in [0.1, 0.15) is 127 Å². The summed E-state index contributed by atoms with van der Waals surface area (Å²) in [5.41, 5.74) is 5.28. The molecule has 45 heteroatoms. The van der Waals surface area contributed by atoms with Gasteiger partial charge in [0.25, 0.3) is 5.69 Å². The van der Waals surface area contributed by atoms with Crippen LogP contribution in [0, 0.1) is 22.5 Å². The van der Waals surface area contributed by atoms with Gasteiger partial charge in [0.1, 0.15) is 11.5 Å². The minimum Gasteiger partial charge on any atom is -0.508 e. The number of halogens is 7. The number of phenolic OH excluding ortho intramolecular Hbond substituents is 1. The standard InChI is InChI=1S/C13H12O3.2C10H9F3O3.C10H12O4.C10H12O3.C9H9BrO3.C9H9NO5.C9H10O4.C9H10O3.2C7H14O3/c14-12(13(15)16)8-10-6-3-5-9-4-1-2-7-11(9)10;2*11-10(12,13)7-3-1-6(2-4-7)5-8(14)9(15)16;1-14-8-4-2-7(3-5-8)6-9(11)10(12)13;1-7-2-4-8(5-3-7)6-9(11)10(12)13;10-7-3-1-6(2-4-7)5-8(11)9(12)13;11-8(9(12)13)5-6-1-3-7(4-2-6)10(14)15;10-7-3-1-6(2-4-7)5-8(11)9(12)13;10-8(9(11)12)6-7-4-2-1-3-5-7;1-7(2,3)4-5(8)6(9)10;1-2-3-4-5-6(8)7(9)10/h1-7,12,14H,8H2,(H,15,16);2*1-4,8,14H,5H2,(H,15,16);2-5,9,11H,6H2,1H3,(H,12,13);2-5,9,11H,6H2,1H3,(H,12,13);1-4,8,11H,5H2,(H,12,13);1-4,8,11H,5H2,(H,12,13);1-4,8,10-11H,5H2,(H,12,13);1-5,8,10H,6H2,(H,11,12);5,8H,4H2,1-3H3,(H,9,10);6,8H,2-5H2,1H3,(H,9,10). The topological polar surface area (TPSA) is 705 Å². The summed E-state index contributed by atoms with van der Waals surface area (Å²) in [5.74, 6) is -12.7. The summed E-state index contributed by atoms with van der Waals surface area (Å²) in [6, 6.07) is 63.3. The maximum absolute atomic E-state index is 12.2. The first-order valence-electron chi connectivity index (χ1n) is 44.2. The maximum atomic E-state index is 12.2. The van der Waals surface area contributed by atoms with Crippen molar-refractivity contribution in [2.45, 2.75) is 204 Å². The number of rotatable bonds is 36. The summed E-state index contributed by atoms with van der Waals surface area (Å²) in [7, 11) is 1.56. The summed E-state index contributed by atoms with van der Waals surface area (Å²) >= 11 is 3.26. The molecule has 808 valence electrons. The molecule has 0 aromatic heterocycles. The molecule has 0 saturated carbocycles. The second-order valence-electron chi connectivity index (χ2n) is 33.1. The molecule has 0 amide bonds. The second kappa shape index (κ2) is 69.3. The molecule has 0 spiro atoms. The lowest BCUT2D eigenvalue weighted by atomic mass is 9.89. The van der Waals surface area contributed by atoms with Crippen LogP contribution >= 0.6 is 15.9 Å². The normalized spacial score (nSPS) is 12.8. The fourth-order valence-electron chi connectivity index (χ4n) is 11.4. The number of unbranched alkanes of at least 4 members (excludes halogenated alkanes) is 2. The van der Waals surface area contributed by atoms with Crippen LogP contribution in [0.3, 0.4) is 0 Å². The van der Waals surface area contributed by atoms with Crippen molar-refractivity contribution in [3.05, 3.63) is 324 Å². The Morgan fingerprint density at radius 1 is 0.331 bits per heavy atom. The van der Waals surface area contributed by atoms with Crippen LogP contribution in [0.25, 0.3) is 10.8 Å². The number of aryl methyl sites for hydroxylation is 1. The molecule has 10 aromatic carbocycles. The Kier molecular flexibility index (Phi) is 62.4. The lowest BCUT2D eigenvalue weighted by Gasteiger charge is -2.19. The van der Waals surface area contributed by atoms with E-state index in [-0.39, 0.29) is 74.6 Å². The minimum atomic E-state index is -4.41. The number of carbonyl (C=O) groups is 11. The minimum absolute atomic E-state index is 0.0512. The quantitative estimate of drug-likeness (QED) is 0.00750. The molecule has 148 heavy (non-hydrogen) atoms. The number of hydrogen-bond donors (Lipinski definition) is 23. The number of non-ortho nitro benzene ring substituents is 1. The molecule has 0 aliphatic heterocycles. The fourth-order valence-corrected chi connectivity index (χ4v) is 11.7. The molecule has 0 aliphatic carbocycles. The molecule has 10 rings (SSSR count). The molecule has 0 saturated heterocycles. The van der Waals surface area contributed by atoms with E-state index < -0.39 is 161 Å². The van der Waals surface area contributed by atoms with Gasteiger partial charge in [-0.2, -0.15) is 26.3 Å². The predicted molar refractivity (Wildman–Crippen MR) is 524 cm³/mol. The number of ether oxygens (including phenoxy) is 1. The van der Waals surface area contributed by atoms with Crippen molar-refractivity contribution < 1.29 is 206 Å². The Balaban J connectivity index is 0.00000161. The Labute approximate surface area is 852 Å². The molecule has 0 heterocycles. The van der Waals surface area contributed by atoms with Crippen molar-refractivity contribution in [2.24, 2.45) is 5.41 Å². The van der Waals surface area contributed by atoms with E-state index in [0.29, 0.717) is 40.8 Å². The van der Waals surface area contributed by atoms with Gasteiger partial charge in [-0.3, -0.25) is 10.1 Å². The number of aliphatic carboxylic acids is 11. The van der Waals surface area contributed by atoms with Gasteiger partial charge < -0.3 is 122 Å². The number of alkyl halides is 6. The number of aliphatic hydroxyl groups is 11. The van der Waals surface area contributed by atoms with Gasteiger partial charge in [0, 0.05) is 74.4 Å². The van der Waals surface area contributed by atoms with Crippen molar-refractivity contribution in [3.8, 4) is 11.5 Å². The lowest BCUT2D eigenvalue weighted by molar-refractivity contribution is -0.384. The highest BCUT2D eigenvalue weighted by Gasteiger charge is 2.32. The predicted octanol–water partition coefficient (Wildman–Crippen LogP) is 11.8. The lowest BCUT2D eigenvalue weighted by Crippen LogP contribution is -2.25. The maximum Gasteiger partial charge on any atom is 0.416 e. The van der Waals surface area contributed by atoms with E-state index in [1.807, 2.05) is 132 Å². The highest BCUT2D eigenvalue weighted by molar-refractivity contribution is 9.10. The molecule has 10 aromatic rings. The van der Waals surface area contributed by atoms with Crippen LogP contribution < -0.4 is 4.74 Å². The van der Waals surface area contributed by atoms with Crippen molar-refractivity contribution in [1.29, 1.82) is 0 Å². The van der Waals surface area contributed by atoms with Gasteiger partial charge in [0.15, 0.2) is 67.1 Å². The van der Waals surface area contributed by atoms with Crippen LogP contribution in [0.4, 0.5) is 32.0 Å². The van der Waals surface area contributed by atoms with Gasteiger partial charge in [-0.15, -0.1) is 0 Å². The SMILES string of the molecule is CC(C)(C)CC(O)C(=O)O.CCCCCC(O)C(=O)O.COc1ccc(CC(O)C(=O)O)cc1.Cc1ccc(CC(O)C(=O)O)cc1.O=C(O)C(O)Cc1ccc(Br)cc1.O=C(O)C(O)Cc1ccc(C(F)(F)F)cc1.O=C(O)C(O)Cc1ccc(C(F)(F)F)cc1.O=C(O)C(O)Cc1ccc(O)cc1.O=C(O)C(O)Cc1ccc([N+](=O)[O-])cc1.O=C(O)C(O)Cc1cccc2ccccc12.O=C(O)C(O)Cc1ccccc1. The van der Waals surface area contributed by atoms with Gasteiger partial charge in [-0.1, -0.05) is 238 Å². The number of benzene rings is 10. The number of methoxy groups -OCH3 is 1. The summed E-state index contributed by atoms with van der Waals surface area (Å²) in [5, 5.41) is 213. The van der Waals surface area contributed by atoms with E-state index in [4.69, 9.17) is 117 Å². The number of hydrogen-bond acceptors (Lipinski definition) is 26. The molecule has 0 bridgehead atoms. The van der Waals surface area contributed by atoms with Gasteiger partial charge in [0.2, 0.25) is 0 Å². The highest BCUT2D eigenvalue weighted by atomic mass is 79.9. The van der Waals surface area contributed by atoms with E-state index in [1.54, 1.807) is 67.8 Å². The summed E-state index contributed by atoms with van der Waals surface area (Å²) in [4.78, 5) is 123. The van der Waals surface area contributed by atoms with Crippen LogP contribution in [-0.4, -0.2) is 262 Å². The third-order valence-electron chi connectivity index (χ3n) is 19.4. The highest BCUT2D eigenvalue weighted by Crippen LogP contribution is 2.31. The van der Waals surface area contributed by atoms with Crippen LogP contribution in [0.15, 0.2) is 247 Å². The van der Waals surface area contributed by atoms with E-state index in [9.17, 15) is 94.3 Å². The first-order valence-corrected chi connectivity index (χ1v) is 45.0. The number of carboxylic acids is 11. The smallest absolute Gasteiger partial charge is 0.416 e. The van der Waals surface area contributed by atoms with E-state index >= 15 is 0 Å². The monoisotopic (exact) mass is 2160 g/mol. The average molecular weight is 2160 g/mol. The van der Waals surface area contributed by atoms with Gasteiger partial charge >= 0.3 is 78.0 Å². The van der Waals surface area contributed by atoms with Crippen molar-refractivity contribution >= 4 is 98.1 Å². The van der Waals surface area contributed by atoms with Crippen LogP contribution in [-0.2, 0) is 123 Å². The second-order valence-corrected chi connectivity index (χ2v) is 34.0. The fraction of sp³-hybridized carbons (Fsp3) is 0.330. The zero-order valence-corrected chi connectivity index (χ0v) is 82.0. The zero-order valence-electron chi connectivity index (χ0n) is 80.4. The Morgan fingerprint density at radius 2 is 0.595 bits per heavy atom. The van der Waals surface area contributed by atoms with E-state index in [2.05, 4.69) is 15.9 Å². The van der Waals surface area contributed by atoms with Crippen LogP contribution in [0.5, 0.6) is 11.5 Å². The number of aromatic hydroxyl groups is 1. The largest absolute Gasteiger partial charge is 0.508 e. The van der Waals surface area contributed by atoms with Gasteiger partial charge in [-0.25, -0.2) is 52.7 Å². The summed E-state index contributed by atoms with van der Waals surface area (Å²) in [6.07, 6.45) is -20.1. The molecule has 11 unspecified atom stereocenters. The number of nitro groups is 1. The third kappa shape index (κ3) is 60.2. The Hall–Kier alpha value is -14.8. The molecule has 0 fully saturated rings.